The Labute approximate surface area is 174 Å². The number of nitrogens with one attached hydrogen (secondary N) is 1. The Morgan fingerprint density at radius 1 is 1.00 bits per heavy atom. The summed E-state index contributed by atoms with van der Waals surface area (Å²) in [6.07, 6.45) is 1.60. The van der Waals surface area contributed by atoms with Crippen LogP contribution in [-0.2, 0) is 16.0 Å². The molecule has 1 aromatic heterocycles. The number of hydrogen-bond acceptors (Lipinski definition) is 5. The van der Waals surface area contributed by atoms with E-state index in [0.29, 0.717) is 5.56 Å². The molecule has 30 heavy (non-hydrogen) atoms. The highest BCUT2D eigenvalue weighted by molar-refractivity contribution is 6.00. The number of ketones is 1. The third-order valence-corrected chi connectivity index (χ3v) is 4.66. The van der Waals surface area contributed by atoms with Gasteiger partial charge in [-0.05, 0) is 43.2 Å². The van der Waals surface area contributed by atoms with Crippen LogP contribution in [-0.4, -0.2) is 30.3 Å². The van der Waals surface area contributed by atoms with E-state index in [2.05, 4.69) is 5.32 Å². The van der Waals surface area contributed by atoms with E-state index in [1.165, 1.54) is 12.3 Å². The third-order valence-electron chi connectivity index (χ3n) is 4.66. The van der Waals surface area contributed by atoms with Crippen LogP contribution in [0.4, 0.5) is 0 Å². The predicted octanol–water partition coefficient (Wildman–Crippen LogP) is 3.66. The van der Waals surface area contributed by atoms with Gasteiger partial charge in [-0.3, -0.25) is 9.59 Å². The van der Waals surface area contributed by atoms with Gasteiger partial charge in [0.1, 0.15) is 6.04 Å². The van der Waals surface area contributed by atoms with Crippen molar-refractivity contribution in [2.24, 2.45) is 0 Å². The van der Waals surface area contributed by atoms with Crippen LogP contribution in [0.15, 0.2) is 71.3 Å². The number of carbonyl (C=O) groups excluding carboxylic acids is 3. The predicted molar refractivity (Wildman–Crippen MR) is 111 cm³/mol. The van der Waals surface area contributed by atoms with Gasteiger partial charge in [0.2, 0.25) is 5.78 Å². The first-order valence-corrected chi connectivity index (χ1v) is 9.59. The highest BCUT2D eigenvalue weighted by atomic mass is 16.5. The average molecular weight is 405 g/mol. The molecule has 0 aliphatic rings. The van der Waals surface area contributed by atoms with Crippen molar-refractivity contribution in [2.75, 3.05) is 6.61 Å². The molecule has 3 aromatic rings. The second-order valence-electron chi connectivity index (χ2n) is 7.04. The molecule has 6 heteroatoms. The van der Waals surface area contributed by atoms with Gasteiger partial charge >= 0.3 is 5.97 Å². The fraction of sp³-hybridized carbons (Fsp3) is 0.208. The topological polar surface area (TPSA) is 85.6 Å². The van der Waals surface area contributed by atoms with Crippen LogP contribution in [0.3, 0.4) is 0 Å². The van der Waals surface area contributed by atoms with E-state index in [1.807, 2.05) is 56.3 Å². The van der Waals surface area contributed by atoms with E-state index in [0.717, 1.165) is 16.7 Å². The number of esters is 1. The quantitative estimate of drug-likeness (QED) is 0.457. The van der Waals surface area contributed by atoms with E-state index in [9.17, 15) is 14.4 Å². The summed E-state index contributed by atoms with van der Waals surface area (Å²) in [5.74, 6) is -1.41. The van der Waals surface area contributed by atoms with Crippen molar-refractivity contribution >= 4 is 17.7 Å². The van der Waals surface area contributed by atoms with E-state index >= 15 is 0 Å². The lowest BCUT2D eigenvalue weighted by molar-refractivity contribution is -0.144. The Morgan fingerprint density at radius 3 is 2.47 bits per heavy atom. The van der Waals surface area contributed by atoms with Crippen molar-refractivity contribution in [3.8, 4) is 0 Å². The number of carbonyl (C=O) groups is 3. The normalized spacial score (nSPS) is 11.5. The van der Waals surface area contributed by atoms with Gasteiger partial charge in [-0.1, -0.05) is 48.0 Å². The molecule has 2 aromatic carbocycles. The van der Waals surface area contributed by atoms with Gasteiger partial charge in [0.25, 0.3) is 5.91 Å². The first-order valence-electron chi connectivity index (χ1n) is 9.59. The van der Waals surface area contributed by atoms with Crippen LogP contribution in [0, 0.1) is 13.8 Å². The average Bonchev–Trinajstić information content (AvgIpc) is 3.29. The number of hydrogen-bond donors (Lipinski definition) is 1. The van der Waals surface area contributed by atoms with Crippen molar-refractivity contribution in [1.29, 1.82) is 0 Å². The molecule has 1 atom stereocenters. The van der Waals surface area contributed by atoms with Crippen LogP contribution >= 0.6 is 0 Å². The molecule has 3 rings (SSSR count). The molecule has 0 saturated heterocycles. The summed E-state index contributed by atoms with van der Waals surface area (Å²) in [7, 11) is 0. The maximum absolute atomic E-state index is 12.7. The van der Waals surface area contributed by atoms with Gasteiger partial charge < -0.3 is 14.5 Å². The number of rotatable bonds is 8. The number of benzene rings is 2. The van der Waals surface area contributed by atoms with Crippen molar-refractivity contribution in [3.05, 3.63) is 94.9 Å². The van der Waals surface area contributed by atoms with Gasteiger partial charge in [0, 0.05) is 12.0 Å². The molecule has 0 radical (unpaired) electrons. The molecule has 154 valence electrons. The summed E-state index contributed by atoms with van der Waals surface area (Å²) >= 11 is 0. The smallest absolute Gasteiger partial charge is 0.329 e. The molecular formula is C24H23NO5. The van der Waals surface area contributed by atoms with Gasteiger partial charge in [-0.15, -0.1) is 0 Å². The lowest BCUT2D eigenvalue weighted by Crippen LogP contribution is -2.43. The van der Waals surface area contributed by atoms with Crippen LogP contribution in [0.1, 0.15) is 37.6 Å². The van der Waals surface area contributed by atoms with E-state index in [4.69, 9.17) is 9.15 Å². The number of aryl methyl sites for hydroxylation is 2. The number of Topliss-reactive ketones (excluding diaryl/α,β-unsaturated/α-hetero) is 1. The van der Waals surface area contributed by atoms with Crippen LogP contribution in [0.5, 0.6) is 0 Å². The summed E-state index contributed by atoms with van der Waals surface area (Å²) in [6.45, 7) is 3.32. The Morgan fingerprint density at radius 2 is 1.77 bits per heavy atom. The fourth-order valence-electron chi connectivity index (χ4n) is 3.03. The number of amides is 1. The van der Waals surface area contributed by atoms with Gasteiger partial charge in [0.05, 0.1) is 6.26 Å². The highest BCUT2D eigenvalue weighted by Crippen LogP contribution is 2.12. The Balaban J connectivity index is 1.70. The van der Waals surface area contributed by atoms with E-state index < -0.39 is 24.5 Å². The SMILES string of the molecule is Cc1ccc(C)c(C(=O)COC(=O)[C@H](Cc2ccccc2)NC(=O)c2ccco2)c1. The summed E-state index contributed by atoms with van der Waals surface area (Å²) in [5.41, 5.74) is 3.12. The zero-order valence-electron chi connectivity index (χ0n) is 16.9. The molecule has 1 N–H and O–H groups in total. The zero-order chi connectivity index (χ0) is 21.5. The maximum atomic E-state index is 12.7. The first-order chi connectivity index (χ1) is 14.4. The molecule has 0 fully saturated rings. The molecule has 0 bridgehead atoms. The Hall–Kier alpha value is -3.67. The molecule has 1 amide bonds. The Bertz CT molecular complexity index is 1030. The Kier molecular flexibility index (Phi) is 6.80. The summed E-state index contributed by atoms with van der Waals surface area (Å²) in [5, 5.41) is 2.63. The minimum Gasteiger partial charge on any atom is -0.459 e. The van der Waals surface area contributed by atoms with Gasteiger partial charge in [-0.2, -0.15) is 0 Å². The molecule has 6 nitrogen and oxygen atoms in total. The van der Waals surface area contributed by atoms with Crippen molar-refractivity contribution in [2.45, 2.75) is 26.3 Å². The second-order valence-corrected chi connectivity index (χ2v) is 7.04. The van der Waals surface area contributed by atoms with Crippen molar-refractivity contribution in [3.63, 3.8) is 0 Å². The number of ether oxygens (including phenoxy) is 1. The monoisotopic (exact) mass is 405 g/mol. The highest BCUT2D eigenvalue weighted by Gasteiger charge is 2.25. The maximum Gasteiger partial charge on any atom is 0.329 e. The van der Waals surface area contributed by atoms with Gasteiger partial charge in [0.15, 0.2) is 12.4 Å². The number of furan rings is 1. The molecular weight excluding hydrogens is 382 g/mol. The minimum absolute atomic E-state index is 0.0901. The molecule has 0 saturated carbocycles. The summed E-state index contributed by atoms with van der Waals surface area (Å²) in [6, 6.07) is 16.9. The van der Waals surface area contributed by atoms with E-state index in [1.54, 1.807) is 12.1 Å². The van der Waals surface area contributed by atoms with Crippen LogP contribution in [0.25, 0.3) is 0 Å². The van der Waals surface area contributed by atoms with Crippen molar-refractivity contribution < 1.29 is 23.5 Å². The molecule has 0 spiro atoms. The molecule has 0 aliphatic heterocycles. The zero-order valence-corrected chi connectivity index (χ0v) is 16.9. The molecule has 0 unspecified atom stereocenters. The standard InChI is InChI=1S/C24H23NO5/c1-16-10-11-17(2)19(13-16)21(26)15-30-24(28)20(14-18-7-4-3-5-8-18)25-23(27)22-9-6-12-29-22/h3-13,20H,14-15H2,1-2H3,(H,25,27)/t20-/m0/s1. The lowest BCUT2D eigenvalue weighted by atomic mass is 10.0. The lowest BCUT2D eigenvalue weighted by Gasteiger charge is -2.17. The van der Waals surface area contributed by atoms with Crippen LogP contribution < -0.4 is 5.32 Å². The van der Waals surface area contributed by atoms with Gasteiger partial charge in [-0.25, -0.2) is 4.79 Å². The minimum atomic E-state index is -0.962. The van der Waals surface area contributed by atoms with E-state index in [-0.39, 0.29) is 18.0 Å². The summed E-state index contributed by atoms with van der Waals surface area (Å²) in [4.78, 5) is 37.6. The van der Waals surface area contributed by atoms with Crippen LogP contribution in [0.2, 0.25) is 0 Å². The largest absolute Gasteiger partial charge is 0.459 e. The third kappa shape index (κ3) is 5.44. The molecule has 0 aliphatic carbocycles. The first kappa shape index (κ1) is 21.0. The summed E-state index contributed by atoms with van der Waals surface area (Å²) < 4.78 is 10.4. The molecule has 1 heterocycles. The van der Waals surface area contributed by atoms with Crippen molar-refractivity contribution in [1.82, 2.24) is 5.32 Å². The fourth-order valence-corrected chi connectivity index (χ4v) is 3.03. The second kappa shape index (κ2) is 9.69.